The number of halogens is 1. The van der Waals surface area contributed by atoms with E-state index in [1.165, 1.54) is 3.57 Å². The van der Waals surface area contributed by atoms with Crippen molar-refractivity contribution in [1.29, 1.82) is 0 Å². The molecule has 0 atom stereocenters. The number of fused-ring (bicyclic) bond motifs is 1. The number of rotatable bonds is 3. The minimum absolute atomic E-state index is 0.116. The van der Waals surface area contributed by atoms with Crippen LogP contribution >= 0.6 is 22.6 Å². The lowest BCUT2D eigenvalue weighted by atomic mass is 10.0. The molecule has 1 aliphatic heterocycles. The van der Waals surface area contributed by atoms with Crippen LogP contribution in [0.1, 0.15) is 59.3 Å². The summed E-state index contributed by atoms with van der Waals surface area (Å²) in [6.45, 7) is 4.50. The van der Waals surface area contributed by atoms with Crippen LogP contribution in [-0.4, -0.2) is 28.7 Å². The molecule has 0 unspecified atom stereocenters. The molecule has 0 spiro atoms. The number of pyridine rings is 1. The number of nitrogens with zero attached hydrogens (tertiary/aromatic N) is 3. The highest BCUT2D eigenvalue weighted by Gasteiger charge is 2.33. The lowest BCUT2D eigenvalue weighted by Crippen LogP contribution is -2.27. The predicted octanol–water partition coefficient (Wildman–Crippen LogP) is 4.54. The quantitative estimate of drug-likeness (QED) is 0.461. The Hall–Kier alpha value is -2.40. The molecule has 1 aliphatic carbocycles. The summed E-state index contributed by atoms with van der Waals surface area (Å²) in [6.07, 6.45) is 2.84. The number of aryl methyl sites for hydroxylation is 1. The molecule has 2 amide bonds. The van der Waals surface area contributed by atoms with Crippen molar-refractivity contribution < 1.29 is 9.59 Å². The van der Waals surface area contributed by atoms with Gasteiger partial charge in [-0.05, 0) is 83.5 Å². The minimum Gasteiger partial charge on any atom is -0.336 e. The maximum atomic E-state index is 13.2. The standard InChI is InChI=1S/C23H22IN3O2/c1-4-5-6-21(28)27(19-11-14(2)18(24)12-17(19)15-7-8-15)20-10-9-16-13-26(3)23(29)22(16)25-20/h9-12,15H,4,7-8,13H2,1-3H3. The average molecular weight is 499 g/mol. The van der Waals surface area contributed by atoms with Gasteiger partial charge in [0.05, 0.1) is 5.69 Å². The molecule has 29 heavy (non-hydrogen) atoms. The second-order valence-electron chi connectivity index (χ2n) is 7.57. The number of amides is 2. The number of benzene rings is 1. The molecule has 5 nitrogen and oxygen atoms in total. The van der Waals surface area contributed by atoms with Crippen LogP contribution in [0, 0.1) is 22.3 Å². The molecule has 2 aliphatic rings. The zero-order valence-electron chi connectivity index (χ0n) is 16.8. The van der Waals surface area contributed by atoms with E-state index < -0.39 is 0 Å². The molecular weight excluding hydrogens is 477 g/mol. The first-order valence-electron chi connectivity index (χ1n) is 9.79. The second kappa shape index (κ2) is 7.79. The van der Waals surface area contributed by atoms with E-state index >= 15 is 0 Å². The van der Waals surface area contributed by atoms with Crippen molar-refractivity contribution in [3.63, 3.8) is 0 Å². The fourth-order valence-corrected chi connectivity index (χ4v) is 4.07. The third-order valence-electron chi connectivity index (χ3n) is 5.29. The van der Waals surface area contributed by atoms with E-state index in [0.29, 0.717) is 30.4 Å². The normalized spacial score (nSPS) is 15.0. The summed E-state index contributed by atoms with van der Waals surface area (Å²) in [6, 6.07) is 7.93. The van der Waals surface area contributed by atoms with Crippen LogP contribution in [0.15, 0.2) is 24.3 Å². The van der Waals surface area contributed by atoms with Crippen LogP contribution in [0.3, 0.4) is 0 Å². The second-order valence-corrected chi connectivity index (χ2v) is 8.73. The number of hydrogen-bond donors (Lipinski definition) is 0. The number of anilines is 2. The van der Waals surface area contributed by atoms with Crippen molar-refractivity contribution in [2.75, 3.05) is 11.9 Å². The largest absolute Gasteiger partial charge is 0.336 e. The molecule has 1 aromatic heterocycles. The van der Waals surface area contributed by atoms with E-state index in [0.717, 1.165) is 35.2 Å². The third-order valence-corrected chi connectivity index (χ3v) is 6.45. The van der Waals surface area contributed by atoms with Gasteiger partial charge in [-0.25, -0.2) is 4.98 Å². The zero-order valence-corrected chi connectivity index (χ0v) is 18.9. The molecule has 1 aromatic carbocycles. The van der Waals surface area contributed by atoms with Gasteiger partial charge < -0.3 is 4.90 Å². The van der Waals surface area contributed by atoms with E-state index in [-0.39, 0.29) is 11.8 Å². The summed E-state index contributed by atoms with van der Waals surface area (Å²) in [5, 5.41) is 0. The summed E-state index contributed by atoms with van der Waals surface area (Å²) in [5.74, 6) is 6.09. The summed E-state index contributed by atoms with van der Waals surface area (Å²) < 4.78 is 1.18. The molecule has 0 saturated heterocycles. The molecule has 2 aromatic rings. The Labute approximate surface area is 184 Å². The molecule has 0 radical (unpaired) electrons. The van der Waals surface area contributed by atoms with Crippen molar-refractivity contribution in [2.45, 2.75) is 45.6 Å². The molecule has 6 heteroatoms. The van der Waals surface area contributed by atoms with E-state index in [2.05, 4.69) is 45.5 Å². The fraction of sp³-hybridized carbons (Fsp3) is 0.348. The van der Waals surface area contributed by atoms with Gasteiger partial charge >= 0.3 is 5.91 Å². The molecule has 1 fully saturated rings. The predicted molar refractivity (Wildman–Crippen MR) is 121 cm³/mol. The summed E-state index contributed by atoms with van der Waals surface area (Å²) in [7, 11) is 1.76. The lowest BCUT2D eigenvalue weighted by Gasteiger charge is -2.24. The van der Waals surface area contributed by atoms with Crippen molar-refractivity contribution in [2.24, 2.45) is 0 Å². The number of hydrogen-bond acceptors (Lipinski definition) is 3. The molecule has 148 valence electrons. The van der Waals surface area contributed by atoms with Gasteiger partial charge in [0.1, 0.15) is 11.5 Å². The maximum Gasteiger partial charge on any atom is 0.308 e. The first-order chi connectivity index (χ1) is 13.9. The van der Waals surface area contributed by atoms with Crippen LogP contribution < -0.4 is 4.90 Å². The highest BCUT2D eigenvalue weighted by Crippen LogP contribution is 2.46. The Morgan fingerprint density at radius 1 is 1.34 bits per heavy atom. The fourth-order valence-electron chi connectivity index (χ4n) is 3.58. The first-order valence-corrected chi connectivity index (χ1v) is 10.9. The van der Waals surface area contributed by atoms with E-state index in [4.69, 9.17) is 0 Å². The first kappa shape index (κ1) is 19.9. The van der Waals surface area contributed by atoms with Crippen molar-refractivity contribution in [1.82, 2.24) is 9.88 Å². The van der Waals surface area contributed by atoms with Gasteiger partial charge in [-0.2, -0.15) is 0 Å². The Bertz CT molecular complexity index is 1080. The van der Waals surface area contributed by atoms with E-state index in [9.17, 15) is 9.59 Å². The third kappa shape index (κ3) is 3.76. The van der Waals surface area contributed by atoms with Crippen LogP contribution in [0.2, 0.25) is 0 Å². The molecule has 0 N–H and O–H groups in total. The van der Waals surface area contributed by atoms with Gasteiger partial charge in [0.25, 0.3) is 5.91 Å². The van der Waals surface area contributed by atoms with Gasteiger partial charge in [0.15, 0.2) is 0 Å². The number of carbonyl (C=O) groups excluding carboxylic acids is 2. The zero-order chi connectivity index (χ0) is 20.7. The molecule has 2 heterocycles. The van der Waals surface area contributed by atoms with E-state index in [1.54, 1.807) is 16.8 Å². The van der Waals surface area contributed by atoms with Gasteiger partial charge in [0.2, 0.25) is 0 Å². The van der Waals surface area contributed by atoms with Crippen molar-refractivity contribution in [3.8, 4) is 11.8 Å². The Balaban J connectivity index is 1.88. The Kier molecular flexibility index (Phi) is 5.34. The molecule has 1 saturated carbocycles. The van der Waals surface area contributed by atoms with Gasteiger partial charge in [0, 0.05) is 29.1 Å². The average Bonchev–Trinajstić information content (AvgIpc) is 3.50. The van der Waals surface area contributed by atoms with Crippen molar-refractivity contribution in [3.05, 3.63) is 50.2 Å². The van der Waals surface area contributed by atoms with Crippen molar-refractivity contribution >= 4 is 45.9 Å². The Morgan fingerprint density at radius 3 is 2.79 bits per heavy atom. The Morgan fingerprint density at radius 2 is 2.10 bits per heavy atom. The number of aromatic nitrogens is 1. The highest BCUT2D eigenvalue weighted by atomic mass is 127. The van der Waals surface area contributed by atoms with Gasteiger partial charge in [-0.1, -0.05) is 18.9 Å². The highest BCUT2D eigenvalue weighted by molar-refractivity contribution is 14.1. The van der Waals surface area contributed by atoms with E-state index in [1.807, 2.05) is 32.0 Å². The SMILES string of the molecule is CCC#CC(=O)N(c1ccc2c(n1)C(=O)N(C)C2)c1cc(C)c(I)cc1C1CC1. The summed E-state index contributed by atoms with van der Waals surface area (Å²) in [5.41, 5.74) is 4.38. The summed E-state index contributed by atoms with van der Waals surface area (Å²) in [4.78, 5) is 33.5. The molecular formula is C23H22IN3O2. The monoisotopic (exact) mass is 499 g/mol. The minimum atomic E-state index is -0.319. The summed E-state index contributed by atoms with van der Waals surface area (Å²) >= 11 is 2.34. The van der Waals surface area contributed by atoms with Crippen LogP contribution in [0.25, 0.3) is 0 Å². The molecule has 4 rings (SSSR count). The topological polar surface area (TPSA) is 53.5 Å². The lowest BCUT2D eigenvalue weighted by molar-refractivity contribution is -0.112. The maximum absolute atomic E-state index is 13.2. The smallest absolute Gasteiger partial charge is 0.308 e. The number of carbonyl (C=O) groups is 2. The van der Waals surface area contributed by atoms with Gasteiger partial charge in [-0.3, -0.25) is 14.5 Å². The molecule has 0 bridgehead atoms. The van der Waals surface area contributed by atoms with Crippen LogP contribution in [0.4, 0.5) is 11.5 Å². The van der Waals surface area contributed by atoms with Crippen LogP contribution in [-0.2, 0) is 11.3 Å². The van der Waals surface area contributed by atoms with Gasteiger partial charge in [-0.15, -0.1) is 0 Å². The van der Waals surface area contributed by atoms with Crippen LogP contribution in [0.5, 0.6) is 0 Å².